The molecule has 0 N–H and O–H groups in total. The Bertz CT molecular complexity index is 330. The van der Waals surface area contributed by atoms with Crippen LogP contribution < -0.4 is 0 Å². The van der Waals surface area contributed by atoms with Crippen LogP contribution in [0.3, 0.4) is 0 Å². The van der Waals surface area contributed by atoms with E-state index in [-0.39, 0.29) is 0 Å². The van der Waals surface area contributed by atoms with Crippen LogP contribution in [0, 0.1) is 0 Å². The van der Waals surface area contributed by atoms with Gasteiger partial charge in [0.25, 0.3) is 0 Å². The summed E-state index contributed by atoms with van der Waals surface area (Å²) in [7, 11) is -3.42. The van der Waals surface area contributed by atoms with E-state index in [4.69, 9.17) is 13.6 Å². The van der Waals surface area contributed by atoms with Crippen LogP contribution in [0.5, 0.6) is 0 Å². The minimum Gasteiger partial charge on any atom is -0.544 e. The highest BCUT2D eigenvalue weighted by Gasteiger charge is 2.24. The van der Waals surface area contributed by atoms with Gasteiger partial charge in [0.2, 0.25) is 16.6 Å². The molecule has 0 aliphatic heterocycles. The molecule has 0 atom stereocenters. The molecule has 0 saturated heterocycles. The van der Waals surface area contributed by atoms with Gasteiger partial charge in [-0.25, -0.2) is 0 Å². The van der Waals surface area contributed by atoms with Gasteiger partial charge in [0.05, 0.1) is 18.4 Å². The van der Waals surface area contributed by atoms with E-state index in [1.54, 1.807) is 6.26 Å². The Labute approximate surface area is 120 Å². The summed E-state index contributed by atoms with van der Waals surface area (Å²) < 4.78 is 17.2. The van der Waals surface area contributed by atoms with E-state index in [0.29, 0.717) is 23.7 Å². The first-order chi connectivity index (χ1) is 8.46. The topological polar surface area (TPSA) is 27.7 Å². The van der Waals surface area contributed by atoms with Crippen molar-refractivity contribution < 1.29 is 13.6 Å². The minimum absolute atomic E-state index is 0.580. The zero-order chi connectivity index (χ0) is 15.3. The smallest absolute Gasteiger partial charge is 0.242 e. The first-order valence-corrected chi connectivity index (χ1v) is 13.4. The van der Waals surface area contributed by atoms with E-state index < -0.39 is 16.6 Å². The van der Waals surface area contributed by atoms with E-state index >= 15 is 0 Å². The van der Waals surface area contributed by atoms with Gasteiger partial charge in [0.1, 0.15) is 11.5 Å². The molecule has 3 nitrogen and oxygen atoms in total. The normalized spacial score (nSPS) is 11.5. The molecule has 0 aromatic rings. The highest BCUT2D eigenvalue weighted by Crippen LogP contribution is 2.25. The van der Waals surface area contributed by atoms with Gasteiger partial charge in [-0.2, -0.15) is 0 Å². The van der Waals surface area contributed by atoms with Crippen molar-refractivity contribution in [3.63, 3.8) is 0 Å². The highest BCUT2D eigenvalue weighted by molar-refractivity contribution is 6.70. The Hall–Kier alpha value is -0.946. The summed E-state index contributed by atoms with van der Waals surface area (Å²) in [4.78, 5) is 0. The largest absolute Gasteiger partial charge is 0.544 e. The van der Waals surface area contributed by atoms with Crippen molar-refractivity contribution in [2.45, 2.75) is 46.2 Å². The van der Waals surface area contributed by atoms with Crippen molar-refractivity contribution in [3.8, 4) is 0 Å². The van der Waals surface area contributed by atoms with Crippen molar-refractivity contribution in [3.05, 3.63) is 36.5 Å². The molecule has 0 aliphatic rings. The van der Waals surface area contributed by atoms with Crippen molar-refractivity contribution in [2.75, 3.05) is 6.61 Å². The van der Waals surface area contributed by atoms with Gasteiger partial charge in [-0.15, -0.1) is 0 Å². The Balaban J connectivity index is 5.02. The molecule has 0 rings (SSSR count). The summed E-state index contributed by atoms with van der Waals surface area (Å²) in [6, 6.07) is 0. The molecule has 19 heavy (non-hydrogen) atoms. The van der Waals surface area contributed by atoms with Gasteiger partial charge in [-0.05, 0) is 46.2 Å². The monoisotopic (exact) mass is 300 g/mol. The molecule has 0 spiro atoms. The minimum atomic E-state index is -1.71. The fourth-order valence-corrected chi connectivity index (χ4v) is 3.00. The molecule has 0 amide bonds. The lowest BCUT2D eigenvalue weighted by Crippen LogP contribution is -2.28. The highest BCUT2D eigenvalue weighted by atomic mass is 28.4. The molecule has 0 saturated carbocycles. The maximum absolute atomic E-state index is 5.90. The fourth-order valence-electron chi connectivity index (χ4n) is 1.30. The molecule has 0 bridgehead atoms. The first-order valence-electron chi connectivity index (χ1n) is 6.54. The van der Waals surface area contributed by atoms with Crippen LogP contribution in [0.1, 0.15) is 6.92 Å². The SMILES string of the molecule is C=C(O[Si](C)(C)C)C(=COCC)C(=C)O[Si](C)(C)C. The summed E-state index contributed by atoms with van der Waals surface area (Å²) in [6.45, 7) is 23.1. The van der Waals surface area contributed by atoms with Gasteiger partial charge in [-0.3, -0.25) is 0 Å². The van der Waals surface area contributed by atoms with E-state index in [2.05, 4.69) is 52.4 Å². The molecule has 0 aliphatic carbocycles. The molecule has 0 radical (unpaired) electrons. The van der Waals surface area contributed by atoms with Gasteiger partial charge in [-0.1, -0.05) is 13.2 Å². The summed E-state index contributed by atoms with van der Waals surface area (Å²) in [5.41, 5.74) is 0.715. The molecule has 0 fully saturated rings. The predicted octanol–water partition coefficient (Wildman–Crippen LogP) is 4.64. The van der Waals surface area contributed by atoms with E-state index in [1.807, 2.05) is 6.92 Å². The third kappa shape index (κ3) is 8.72. The van der Waals surface area contributed by atoms with E-state index in [9.17, 15) is 0 Å². The molecule has 0 heterocycles. The Kier molecular flexibility index (Phi) is 6.65. The summed E-state index contributed by atoms with van der Waals surface area (Å²) in [5.74, 6) is 1.16. The zero-order valence-electron chi connectivity index (χ0n) is 13.4. The lowest BCUT2D eigenvalue weighted by Gasteiger charge is -2.26. The number of rotatable bonds is 8. The van der Waals surface area contributed by atoms with Gasteiger partial charge in [0, 0.05) is 0 Å². The van der Waals surface area contributed by atoms with Gasteiger partial charge < -0.3 is 13.6 Å². The van der Waals surface area contributed by atoms with Crippen LogP contribution in [-0.2, 0) is 13.6 Å². The quantitative estimate of drug-likeness (QED) is 0.371. The first kappa shape index (κ1) is 18.1. The van der Waals surface area contributed by atoms with Crippen molar-refractivity contribution in [1.29, 1.82) is 0 Å². The standard InChI is InChI=1S/C14H28O3Si2/c1-10-15-11-14(12(2)16-18(4,5)6)13(3)17-19(7,8)9/h11H,2-3,10H2,1,4-9H3. The second kappa shape index (κ2) is 7.00. The van der Waals surface area contributed by atoms with Crippen molar-refractivity contribution in [2.24, 2.45) is 0 Å². The molecule has 0 unspecified atom stereocenters. The van der Waals surface area contributed by atoms with Crippen LogP contribution in [0.2, 0.25) is 39.3 Å². The van der Waals surface area contributed by atoms with Gasteiger partial charge in [0.15, 0.2) is 0 Å². The van der Waals surface area contributed by atoms with Crippen molar-refractivity contribution in [1.82, 2.24) is 0 Å². The third-order valence-electron chi connectivity index (χ3n) is 1.83. The number of ether oxygens (including phenoxy) is 1. The van der Waals surface area contributed by atoms with Crippen LogP contribution >= 0.6 is 0 Å². The summed E-state index contributed by atoms with van der Waals surface area (Å²) >= 11 is 0. The van der Waals surface area contributed by atoms with Crippen LogP contribution in [0.4, 0.5) is 0 Å². The maximum Gasteiger partial charge on any atom is 0.242 e. The van der Waals surface area contributed by atoms with Crippen LogP contribution in [0.25, 0.3) is 0 Å². The van der Waals surface area contributed by atoms with Crippen LogP contribution in [-0.4, -0.2) is 23.2 Å². The Morgan fingerprint density at radius 3 is 1.53 bits per heavy atom. The second-order valence-electron chi connectivity index (χ2n) is 6.26. The Morgan fingerprint density at radius 1 is 0.895 bits per heavy atom. The number of hydrogen-bond acceptors (Lipinski definition) is 3. The molecule has 0 aromatic heterocycles. The maximum atomic E-state index is 5.90. The molecular weight excluding hydrogens is 272 g/mol. The molecule has 5 heteroatoms. The average molecular weight is 301 g/mol. The van der Waals surface area contributed by atoms with Gasteiger partial charge >= 0.3 is 0 Å². The average Bonchev–Trinajstić information content (AvgIpc) is 2.12. The number of hydrogen-bond donors (Lipinski definition) is 0. The van der Waals surface area contributed by atoms with Crippen molar-refractivity contribution >= 4 is 16.6 Å². The van der Waals surface area contributed by atoms with E-state index in [0.717, 1.165) is 0 Å². The van der Waals surface area contributed by atoms with E-state index in [1.165, 1.54) is 0 Å². The van der Waals surface area contributed by atoms with Crippen LogP contribution in [0.15, 0.2) is 36.5 Å². The second-order valence-corrected chi connectivity index (χ2v) is 15.1. The lowest BCUT2D eigenvalue weighted by molar-refractivity contribution is 0.261. The zero-order valence-corrected chi connectivity index (χ0v) is 15.4. The summed E-state index contributed by atoms with van der Waals surface area (Å²) in [6.07, 6.45) is 1.63. The Morgan fingerprint density at radius 2 is 1.26 bits per heavy atom. The third-order valence-corrected chi connectivity index (χ3v) is 3.54. The molecular formula is C14H28O3Si2. The molecule has 0 aromatic carbocycles. The fraction of sp³-hybridized carbons (Fsp3) is 0.571. The molecule has 110 valence electrons. The summed E-state index contributed by atoms with van der Waals surface area (Å²) in [5, 5.41) is 0. The predicted molar refractivity (Wildman–Crippen MR) is 86.9 cm³/mol. The lowest BCUT2D eigenvalue weighted by atomic mass is 10.2.